The molecule has 0 saturated heterocycles. The van der Waals surface area contributed by atoms with Crippen LogP contribution in [0.5, 0.6) is 0 Å². The second-order valence-corrected chi connectivity index (χ2v) is 3.08. The first-order chi connectivity index (χ1) is 7.72. The van der Waals surface area contributed by atoms with Crippen molar-refractivity contribution in [2.45, 2.75) is 0 Å². The number of nitrogens with one attached hydrogen (secondary N) is 1. The van der Waals surface area contributed by atoms with E-state index in [0.29, 0.717) is 0 Å². The first kappa shape index (κ1) is 10.2. The van der Waals surface area contributed by atoms with Crippen LogP contribution < -0.4 is 11.1 Å². The Labute approximate surface area is 91.5 Å². The van der Waals surface area contributed by atoms with E-state index < -0.39 is 5.91 Å². The lowest BCUT2D eigenvalue weighted by Crippen LogP contribution is -2.12. The summed E-state index contributed by atoms with van der Waals surface area (Å²) in [7, 11) is 1.78. The minimum atomic E-state index is -0.711. The molecule has 0 unspecified atom stereocenters. The van der Waals surface area contributed by atoms with Crippen LogP contribution in [-0.4, -0.2) is 23.1 Å². The van der Waals surface area contributed by atoms with Crippen LogP contribution in [0.1, 0.15) is 10.6 Å². The number of hydrogen-bond acceptors (Lipinski definition) is 5. The number of benzene rings is 1. The number of carbonyl (C=O) groups is 1. The first-order valence-corrected chi connectivity index (χ1v) is 4.63. The number of primary amides is 1. The molecule has 0 bridgehead atoms. The Morgan fingerprint density at radius 3 is 2.81 bits per heavy atom. The second-order valence-electron chi connectivity index (χ2n) is 3.08. The lowest BCUT2D eigenvalue weighted by atomic mass is 10.2. The SMILES string of the molecule is CNc1ccccc1-c1nc(C(N)=O)no1. The van der Waals surface area contributed by atoms with E-state index in [9.17, 15) is 4.79 Å². The van der Waals surface area contributed by atoms with E-state index in [0.717, 1.165) is 11.3 Å². The van der Waals surface area contributed by atoms with Gasteiger partial charge in [-0.25, -0.2) is 0 Å². The van der Waals surface area contributed by atoms with E-state index in [1.807, 2.05) is 24.3 Å². The molecule has 0 saturated carbocycles. The highest BCUT2D eigenvalue weighted by atomic mass is 16.5. The number of amides is 1. The summed E-state index contributed by atoms with van der Waals surface area (Å²) >= 11 is 0. The van der Waals surface area contributed by atoms with Crippen LogP contribution in [-0.2, 0) is 0 Å². The molecule has 6 heteroatoms. The summed E-state index contributed by atoms with van der Waals surface area (Å²) in [6, 6.07) is 7.39. The zero-order valence-electron chi connectivity index (χ0n) is 8.60. The Bertz CT molecular complexity index is 521. The molecule has 0 radical (unpaired) electrons. The molecule has 2 rings (SSSR count). The van der Waals surface area contributed by atoms with Gasteiger partial charge < -0.3 is 15.6 Å². The summed E-state index contributed by atoms with van der Waals surface area (Å²) in [5.41, 5.74) is 6.60. The molecule has 0 atom stereocenters. The number of aromatic nitrogens is 2. The van der Waals surface area contributed by atoms with Gasteiger partial charge in [-0.15, -0.1) is 0 Å². The highest BCUT2D eigenvalue weighted by Gasteiger charge is 2.14. The molecule has 1 amide bonds. The van der Waals surface area contributed by atoms with Crippen molar-refractivity contribution in [3.05, 3.63) is 30.1 Å². The molecule has 1 aromatic carbocycles. The third kappa shape index (κ3) is 1.72. The van der Waals surface area contributed by atoms with Crippen LogP contribution in [0, 0.1) is 0 Å². The smallest absolute Gasteiger partial charge is 0.290 e. The maximum Gasteiger partial charge on any atom is 0.290 e. The van der Waals surface area contributed by atoms with Crippen molar-refractivity contribution in [1.29, 1.82) is 0 Å². The summed E-state index contributed by atoms with van der Waals surface area (Å²) < 4.78 is 4.95. The van der Waals surface area contributed by atoms with Crippen LogP contribution in [0.4, 0.5) is 5.69 Å². The van der Waals surface area contributed by atoms with Gasteiger partial charge in [-0.3, -0.25) is 4.79 Å². The number of hydrogen-bond donors (Lipinski definition) is 2. The van der Waals surface area contributed by atoms with Gasteiger partial charge in [0.2, 0.25) is 0 Å². The molecular weight excluding hydrogens is 208 g/mol. The Kier molecular flexibility index (Phi) is 2.55. The van der Waals surface area contributed by atoms with Crippen molar-refractivity contribution in [2.24, 2.45) is 5.73 Å². The highest BCUT2D eigenvalue weighted by Crippen LogP contribution is 2.25. The third-order valence-corrected chi connectivity index (χ3v) is 2.07. The largest absolute Gasteiger partial charge is 0.387 e. The van der Waals surface area contributed by atoms with Gasteiger partial charge in [-0.05, 0) is 12.1 Å². The summed E-state index contributed by atoms with van der Waals surface area (Å²) in [5.74, 6) is -0.573. The molecule has 0 fully saturated rings. The van der Waals surface area contributed by atoms with Crippen LogP contribution in [0.2, 0.25) is 0 Å². The predicted octanol–water partition coefficient (Wildman–Crippen LogP) is 0.877. The normalized spacial score (nSPS) is 10.1. The molecule has 2 aromatic rings. The first-order valence-electron chi connectivity index (χ1n) is 4.63. The number of anilines is 1. The summed E-state index contributed by atoms with van der Waals surface area (Å²) in [5, 5.41) is 6.47. The lowest BCUT2D eigenvalue weighted by molar-refractivity contribution is 0.0987. The van der Waals surface area contributed by atoms with Crippen LogP contribution >= 0.6 is 0 Å². The molecule has 1 heterocycles. The Hall–Kier alpha value is -2.37. The van der Waals surface area contributed by atoms with Crippen LogP contribution in [0.3, 0.4) is 0 Å². The van der Waals surface area contributed by atoms with Gasteiger partial charge in [0, 0.05) is 12.7 Å². The van der Waals surface area contributed by atoms with Crippen molar-refractivity contribution in [1.82, 2.24) is 10.1 Å². The average molecular weight is 218 g/mol. The maximum atomic E-state index is 10.8. The van der Waals surface area contributed by atoms with E-state index in [1.165, 1.54) is 0 Å². The van der Waals surface area contributed by atoms with Crippen molar-refractivity contribution < 1.29 is 9.32 Å². The monoisotopic (exact) mass is 218 g/mol. The zero-order chi connectivity index (χ0) is 11.5. The van der Waals surface area contributed by atoms with E-state index >= 15 is 0 Å². The molecule has 0 aliphatic carbocycles. The van der Waals surface area contributed by atoms with Crippen molar-refractivity contribution in [2.75, 3.05) is 12.4 Å². The van der Waals surface area contributed by atoms with Gasteiger partial charge in [0.15, 0.2) is 0 Å². The zero-order valence-corrected chi connectivity index (χ0v) is 8.60. The fourth-order valence-electron chi connectivity index (χ4n) is 1.32. The van der Waals surface area contributed by atoms with Crippen molar-refractivity contribution in [3.8, 4) is 11.5 Å². The molecule has 6 nitrogen and oxygen atoms in total. The molecule has 82 valence electrons. The van der Waals surface area contributed by atoms with Gasteiger partial charge in [-0.2, -0.15) is 4.98 Å². The van der Waals surface area contributed by atoms with Gasteiger partial charge in [0.1, 0.15) is 0 Å². The van der Waals surface area contributed by atoms with Crippen LogP contribution in [0.25, 0.3) is 11.5 Å². The minimum absolute atomic E-state index is 0.124. The summed E-state index contributed by atoms with van der Waals surface area (Å²) in [6.45, 7) is 0. The van der Waals surface area contributed by atoms with E-state index in [2.05, 4.69) is 15.5 Å². The fourth-order valence-corrected chi connectivity index (χ4v) is 1.32. The number of para-hydroxylation sites is 1. The number of rotatable bonds is 3. The Morgan fingerprint density at radius 2 is 2.19 bits per heavy atom. The van der Waals surface area contributed by atoms with Gasteiger partial charge in [0.05, 0.1) is 5.56 Å². The fraction of sp³-hybridized carbons (Fsp3) is 0.100. The molecule has 0 spiro atoms. The molecule has 0 aliphatic rings. The Morgan fingerprint density at radius 1 is 1.44 bits per heavy atom. The predicted molar refractivity (Wildman–Crippen MR) is 57.8 cm³/mol. The minimum Gasteiger partial charge on any atom is -0.387 e. The lowest BCUT2D eigenvalue weighted by Gasteiger charge is -2.03. The van der Waals surface area contributed by atoms with Gasteiger partial charge >= 0.3 is 0 Å². The van der Waals surface area contributed by atoms with Crippen molar-refractivity contribution in [3.63, 3.8) is 0 Å². The van der Waals surface area contributed by atoms with E-state index in [-0.39, 0.29) is 11.7 Å². The number of nitrogens with zero attached hydrogens (tertiary/aromatic N) is 2. The van der Waals surface area contributed by atoms with Crippen molar-refractivity contribution >= 4 is 11.6 Å². The topological polar surface area (TPSA) is 94.0 Å². The molecule has 0 aliphatic heterocycles. The summed E-state index contributed by atoms with van der Waals surface area (Å²) in [4.78, 5) is 14.7. The number of carbonyl (C=O) groups excluding carboxylic acids is 1. The van der Waals surface area contributed by atoms with Crippen LogP contribution in [0.15, 0.2) is 28.8 Å². The molecule has 1 aromatic heterocycles. The number of nitrogens with two attached hydrogens (primary N) is 1. The molecule has 3 N–H and O–H groups in total. The third-order valence-electron chi connectivity index (χ3n) is 2.07. The average Bonchev–Trinajstić information content (AvgIpc) is 2.78. The molecular formula is C10H10N4O2. The molecule has 16 heavy (non-hydrogen) atoms. The maximum absolute atomic E-state index is 10.8. The standard InChI is InChI=1S/C10H10N4O2/c1-12-7-5-3-2-4-6(7)10-13-9(8(11)15)14-16-10/h2-5,12H,1H3,(H2,11,15). The quantitative estimate of drug-likeness (QED) is 0.797. The Balaban J connectivity index is 2.46. The van der Waals surface area contributed by atoms with E-state index in [1.54, 1.807) is 7.05 Å². The van der Waals surface area contributed by atoms with E-state index in [4.69, 9.17) is 10.3 Å². The highest BCUT2D eigenvalue weighted by molar-refractivity contribution is 5.89. The summed E-state index contributed by atoms with van der Waals surface area (Å²) in [6.07, 6.45) is 0. The van der Waals surface area contributed by atoms with Gasteiger partial charge in [-0.1, -0.05) is 17.3 Å². The van der Waals surface area contributed by atoms with Gasteiger partial charge in [0.25, 0.3) is 17.6 Å². The second kappa shape index (κ2) is 4.01.